The molecule has 1 unspecified atom stereocenters. The van der Waals surface area contributed by atoms with Gasteiger partial charge in [-0.05, 0) is 51.2 Å². The van der Waals surface area contributed by atoms with Crippen molar-refractivity contribution in [1.29, 1.82) is 0 Å². The zero-order chi connectivity index (χ0) is 14.1. The number of rotatable bonds is 9. The van der Waals surface area contributed by atoms with Crippen LogP contribution in [0.2, 0.25) is 5.02 Å². The van der Waals surface area contributed by atoms with E-state index in [0.717, 1.165) is 24.5 Å². The number of nitrogens with zero attached hydrogens (tertiary/aromatic N) is 1. The number of nitrogens with one attached hydrogen (secondary N) is 1. The van der Waals surface area contributed by atoms with Gasteiger partial charge in [0.2, 0.25) is 0 Å². The lowest BCUT2D eigenvalue weighted by Gasteiger charge is -2.23. The highest BCUT2D eigenvalue weighted by molar-refractivity contribution is 6.31. The summed E-state index contributed by atoms with van der Waals surface area (Å²) in [5, 5.41) is 4.41. The predicted molar refractivity (Wildman–Crippen MR) is 84.9 cm³/mol. The molecule has 0 fully saturated rings. The molecular formula is C16H27ClN2. The van der Waals surface area contributed by atoms with Crippen molar-refractivity contribution >= 4 is 11.6 Å². The monoisotopic (exact) mass is 282 g/mol. The van der Waals surface area contributed by atoms with Gasteiger partial charge in [0.1, 0.15) is 0 Å². The maximum absolute atomic E-state index is 6.30. The molecule has 108 valence electrons. The van der Waals surface area contributed by atoms with E-state index in [0.29, 0.717) is 6.04 Å². The van der Waals surface area contributed by atoms with E-state index in [4.69, 9.17) is 11.6 Å². The van der Waals surface area contributed by atoms with Crippen LogP contribution in [0.5, 0.6) is 0 Å². The summed E-state index contributed by atoms with van der Waals surface area (Å²) >= 11 is 6.30. The van der Waals surface area contributed by atoms with Gasteiger partial charge in [-0.3, -0.25) is 0 Å². The van der Waals surface area contributed by atoms with Crippen molar-refractivity contribution in [2.24, 2.45) is 0 Å². The zero-order valence-electron chi connectivity index (χ0n) is 12.5. The standard InChI is InChI=1S/C16H27ClN2/c1-4-6-12-19(3)13-11-16(18-5-2)14-9-7-8-10-15(14)17/h7-10,16,18H,4-6,11-13H2,1-3H3. The van der Waals surface area contributed by atoms with Gasteiger partial charge in [0.25, 0.3) is 0 Å². The molecule has 0 saturated carbocycles. The third-order valence-corrected chi connectivity index (χ3v) is 3.77. The fraction of sp³-hybridized carbons (Fsp3) is 0.625. The van der Waals surface area contributed by atoms with Crippen LogP contribution < -0.4 is 5.32 Å². The second-order valence-electron chi connectivity index (χ2n) is 5.08. The Morgan fingerprint density at radius 1 is 1.21 bits per heavy atom. The third-order valence-electron chi connectivity index (χ3n) is 3.42. The lowest BCUT2D eigenvalue weighted by molar-refractivity contribution is 0.303. The summed E-state index contributed by atoms with van der Waals surface area (Å²) in [5.41, 5.74) is 1.22. The van der Waals surface area contributed by atoms with Gasteiger partial charge in [0.05, 0.1) is 0 Å². The maximum Gasteiger partial charge on any atom is 0.0453 e. The minimum Gasteiger partial charge on any atom is -0.310 e. The van der Waals surface area contributed by atoms with Crippen molar-refractivity contribution in [3.8, 4) is 0 Å². The van der Waals surface area contributed by atoms with Crippen molar-refractivity contribution in [1.82, 2.24) is 10.2 Å². The van der Waals surface area contributed by atoms with Crippen LogP contribution >= 0.6 is 11.6 Å². The van der Waals surface area contributed by atoms with Crippen molar-refractivity contribution in [2.45, 2.75) is 39.2 Å². The Kier molecular flexibility index (Phi) is 8.11. The molecule has 3 heteroatoms. The molecule has 1 atom stereocenters. The molecule has 0 heterocycles. The Balaban J connectivity index is 2.56. The fourth-order valence-electron chi connectivity index (χ4n) is 2.26. The van der Waals surface area contributed by atoms with Crippen LogP contribution in [-0.2, 0) is 0 Å². The molecule has 2 nitrogen and oxygen atoms in total. The number of unbranched alkanes of at least 4 members (excludes halogenated alkanes) is 1. The fourth-order valence-corrected chi connectivity index (χ4v) is 2.53. The van der Waals surface area contributed by atoms with E-state index < -0.39 is 0 Å². The quantitative estimate of drug-likeness (QED) is 0.733. The molecule has 0 aliphatic rings. The molecular weight excluding hydrogens is 256 g/mol. The molecule has 0 spiro atoms. The number of halogens is 1. The van der Waals surface area contributed by atoms with Crippen LogP contribution in [0, 0.1) is 0 Å². The van der Waals surface area contributed by atoms with Gasteiger partial charge in [-0.1, -0.05) is 50.1 Å². The lowest BCUT2D eigenvalue weighted by atomic mass is 10.0. The Bertz CT molecular complexity index is 354. The number of benzene rings is 1. The Morgan fingerprint density at radius 2 is 1.95 bits per heavy atom. The summed E-state index contributed by atoms with van der Waals surface area (Å²) in [7, 11) is 2.20. The van der Waals surface area contributed by atoms with Crippen molar-refractivity contribution in [3.63, 3.8) is 0 Å². The van der Waals surface area contributed by atoms with Gasteiger partial charge in [-0.2, -0.15) is 0 Å². The average molecular weight is 283 g/mol. The normalized spacial score (nSPS) is 12.9. The molecule has 0 radical (unpaired) electrons. The molecule has 1 N–H and O–H groups in total. The van der Waals surface area contributed by atoms with Gasteiger partial charge in [-0.15, -0.1) is 0 Å². The Labute approximate surface area is 123 Å². The number of hydrogen-bond donors (Lipinski definition) is 1. The first-order valence-corrected chi connectivity index (χ1v) is 7.73. The minimum atomic E-state index is 0.350. The molecule has 1 aromatic rings. The van der Waals surface area contributed by atoms with Crippen molar-refractivity contribution in [3.05, 3.63) is 34.9 Å². The summed E-state index contributed by atoms with van der Waals surface area (Å²) in [6.45, 7) is 7.62. The van der Waals surface area contributed by atoms with E-state index in [-0.39, 0.29) is 0 Å². The molecule has 1 aromatic carbocycles. The van der Waals surface area contributed by atoms with Gasteiger partial charge in [0, 0.05) is 11.1 Å². The highest BCUT2D eigenvalue weighted by Gasteiger charge is 2.13. The topological polar surface area (TPSA) is 15.3 Å². The average Bonchev–Trinajstić information content (AvgIpc) is 2.42. The first kappa shape index (κ1) is 16.5. The van der Waals surface area contributed by atoms with E-state index in [1.165, 1.54) is 24.9 Å². The van der Waals surface area contributed by atoms with Crippen LogP contribution in [0.3, 0.4) is 0 Å². The number of hydrogen-bond acceptors (Lipinski definition) is 2. The van der Waals surface area contributed by atoms with Crippen LogP contribution in [0.1, 0.15) is 44.7 Å². The second-order valence-corrected chi connectivity index (χ2v) is 5.48. The molecule has 0 aliphatic heterocycles. The molecule has 0 bridgehead atoms. The smallest absolute Gasteiger partial charge is 0.0453 e. The van der Waals surface area contributed by atoms with Crippen molar-refractivity contribution in [2.75, 3.05) is 26.7 Å². The molecule has 0 aliphatic carbocycles. The van der Waals surface area contributed by atoms with Crippen LogP contribution in [-0.4, -0.2) is 31.6 Å². The van der Waals surface area contributed by atoms with Crippen LogP contribution in [0.15, 0.2) is 24.3 Å². The maximum atomic E-state index is 6.30. The highest BCUT2D eigenvalue weighted by Crippen LogP contribution is 2.25. The summed E-state index contributed by atoms with van der Waals surface area (Å²) in [6, 6.07) is 8.50. The molecule has 0 aromatic heterocycles. The van der Waals surface area contributed by atoms with E-state index in [1.807, 2.05) is 12.1 Å². The summed E-state index contributed by atoms with van der Waals surface area (Å²) < 4.78 is 0. The second kappa shape index (κ2) is 9.35. The van der Waals surface area contributed by atoms with Gasteiger partial charge < -0.3 is 10.2 Å². The Hall–Kier alpha value is -0.570. The first-order valence-electron chi connectivity index (χ1n) is 7.35. The largest absolute Gasteiger partial charge is 0.310 e. The molecule has 19 heavy (non-hydrogen) atoms. The van der Waals surface area contributed by atoms with E-state index in [1.54, 1.807) is 0 Å². The summed E-state index contributed by atoms with van der Waals surface area (Å²) in [6.07, 6.45) is 3.62. The minimum absolute atomic E-state index is 0.350. The van der Waals surface area contributed by atoms with Crippen LogP contribution in [0.25, 0.3) is 0 Å². The summed E-state index contributed by atoms with van der Waals surface area (Å²) in [5.74, 6) is 0. The molecule has 0 amide bonds. The Morgan fingerprint density at radius 3 is 2.58 bits per heavy atom. The highest BCUT2D eigenvalue weighted by atomic mass is 35.5. The van der Waals surface area contributed by atoms with E-state index in [9.17, 15) is 0 Å². The summed E-state index contributed by atoms with van der Waals surface area (Å²) in [4.78, 5) is 2.41. The third kappa shape index (κ3) is 5.94. The van der Waals surface area contributed by atoms with Gasteiger partial charge in [0.15, 0.2) is 0 Å². The predicted octanol–water partition coefficient (Wildman–Crippen LogP) is 4.11. The van der Waals surface area contributed by atoms with Gasteiger partial charge in [-0.25, -0.2) is 0 Å². The SMILES string of the molecule is CCCCN(C)CCC(NCC)c1ccccc1Cl. The first-order chi connectivity index (χ1) is 9.19. The molecule has 1 rings (SSSR count). The molecule has 0 saturated heterocycles. The van der Waals surface area contributed by atoms with Crippen molar-refractivity contribution < 1.29 is 0 Å². The zero-order valence-corrected chi connectivity index (χ0v) is 13.2. The van der Waals surface area contributed by atoms with Gasteiger partial charge >= 0.3 is 0 Å². The lowest BCUT2D eigenvalue weighted by Crippen LogP contribution is -2.28. The van der Waals surface area contributed by atoms with E-state index >= 15 is 0 Å². The van der Waals surface area contributed by atoms with Crippen LogP contribution in [0.4, 0.5) is 0 Å². The van der Waals surface area contributed by atoms with E-state index in [2.05, 4.69) is 43.2 Å².